The summed E-state index contributed by atoms with van der Waals surface area (Å²) >= 11 is 5.74. The highest BCUT2D eigenvalue weighted by molar-refractivity contribution is 6.25. The smallest absolute Gasteiger partial charge is 0.00345 e. The van der Waals surface area contributed by atoms with Crippen LogP contribution in [0.1, 0.15) is 40.0 Å². The molecule has 3 unspecified atom stereocenters. The Hall–Kier alpha value is 0.0300. The van der Waals surface area contributed by atoms with Crippen molar-refractivity contribution < 1.29 is 0 Å². The number of allylic oxidation sites excluding steroid dienone is 1. The van der Waals surface area contributed by atoms with Crippen molar-refractivity contribution in [3.8, 4) is 0 Å². The minimum absolute atomic E-state index is 0.742. The second-order valence-electron chi connectivity index (χ2n) is 4.36. The van der Waals surface area contributed by atoms with E-state index in [1.165, 1.54) is 24.8 Å². The Labute approximate surface area is 81.0 Å². The van der Waals surface area contributed by atoms with E-state index >= 15 is 0 Å². The monoisotopic (exact) mass is 186 g/mol. The zero-order valence-corrected chi connectivity index (χ0v) is 9.06. The standard InChI is InChI=1S/C11H19Cl/c1-8-4-5-9(2)11(6-8)10(3)7-12/h7-9,11H,4-6H2,1-3H3/b10-7+. The number of hydrogen-bond acceptors (Lipinski definition) is 0. The highest BCUT2D eigenvalue weighted by atomic mass is 35.5. The molecule has 0 saturated heterocycles. The largest absolute Gasteiger partial charge is 0.0930 e. The summed E-state index contributed by atoms with van der Waals surface area (Å²) in [4.78, 5) is 0. The van der Waals surface area contributed by atoms with E-state index in [1.54, 1.807) is 5.54 Å². The molecule has 0 spiro atoms. The lowest BCUT2D eigenvalue weighted by molar-refractivity contribution is 0.234. The topological polar surface area (TPSA) is 0 Å². The van der Waals surface area contributed by atoms with Crippen LogP contribution < -0.4 is 0 Å². The second kappa shape index (κ2) is 4.32. The molecule has 0 bridgehead atoms. The minimum Gasteiger partial charge on any atom is -0.0930 e. The first-order valence-corrected chi connectivity index (χ1v) is 5.35. The average molecular weight is 187 g/mol. The first-order chi connectivity index (χ1) is 5.65. The van der Waals surface area contributed by atoms with Gasteiger partial charge >= 0.3 is 0 Å². The predicted molar refractivity (Wildman–Crippen MR) is 55.3 cm³/mol. The Morgan fingerprint density at radius 1 is 1.33 bits per heavy atom. The van der Waals surface area contributed by atoms with Crippen LogP contribution in [0.25, 0.3) is 0 Å². The molecular weight excluding hydrogens is 168 g/mol. The van der Waals surface area contributed by atoms with Gasteiger partial charge in [-0.3, -0.25) is 0 Å². The molecule has 0 aliphatic heterocycles. The lowest BCUT2D eigenvalue weighted by Crippen LogP contribution is -2.22. The third-order valence-electron chi connectivity index (χ3n) is 3.21. The maximum atomic E-state index is 5.74. The lowest BCUT2D eigenvalue weighted by Gasteiger charge is -2.33. The van der Waals surface area contributed by atoms with Gasteiger partial charge in [-0.25, -0.2) is 0 Å². The van der Waals surface area contributed by atoms with Crippen molar-refractivity contribution in [1.29, 1.82) is 0 Å². The maximum Gasteiger partial charge on any atom is 0.00345 e. The molecule has 0 N–H and O–H groups in total. The van der Waals surface area contributed by atoms with Gasteiger partial charge in [0.25, 0.3) is 0 Å². The molecule has 0 aromatic rings. The number of rotatable bonds is 1. The van der Waals surface area contributed by atoms with Crippen LogP contribution >= 0.6 is 11.6 Å². The minimum atomic E-state index is 0.742. The Balaban J connectivity index is 2.60. The molecule has 1 aliphatic rings. The van der Waals surface area contributed by atoms with Gasteiger partial charge < -0.3 is 0 Å². The molecule has 1 aliphatic carbocycles. The molecule has 0 aromatic carbocycles. The van der Waals surface area contributed by atoms with Gasteiger partial charge in [0.2, 0.25) is 0 Å². The van der Waals surface area contributed by atoms with Crippen LogP contribution in [0.4, 0.5) is 0 Å². The lowest BCUT2D eigenvalue weighted by atomic mass is 9.73. The molecule has 0 nitrogen and oxygen atoms in total. The van der Waals surface area contributed by atoms with E-state index in [0.717, 1.165) is 17.8 Å². The van der Waals surface area contributed by atoms with Crippen LogP contribution in [0.5, 0.6) is 0 Å². The fourth-order valence-electron chi connectivity index (χ4n) is 2.25. The summed E-state index contributed by atoms with van der Waals surface area (Å²) in [7, 11) is 0. The molecule has 0 heterocycles. The van der Waals surface area contributed by atoms with E-state index in [2.05, 4.69) is 20.8 Å². The predicted octanol–water partition coefficient (Wildman–Crippen LogP) is 4.20. The quantitative estimate of drug-likeness (QED) is 0.576. The van der Waals surface area contributed by atoms with Gasteiger partial charge in [0.05, 0.1) is 0 Å². The zero-order valence-electron chi connectivity index (χ0n) is 8.31. The van der Waals surface area contributed by atoms with Gasteiger partial charge in [-0.15, -0.1) is 0 Å². The molecule has 0 radical (unpaired) electrons. The average Bonchev–Trinajstić information content (AvgIpc) is 2.08. The van der Waals surface area contributed by atoms with Gasteiger partial charge in [0.1, 0.15) is 0 Å². The van der Waals surface area contributed by atoms with Crippen LogP contribution in [0, 0.1) is 17.8 Å². The highest BCUT2D eigenvalue weighted by Gasteiger charge is 2.26. The van der Waals surface area contributed by atoms with Crippen molar-refractivity contribution in [2.45, 2.75) is 40.0 Å². The van der Waals surface area contributed by atoms with Crippen LogP contribution in [0.2, 0.25) is 0 Å². The van der Waals surface area contributed by atoms with E-state index < -0.39 is 0 Å². The summed E-state index contributed by atoms with van der Waals surface area (Å²) in [6, 6.07) is 0. The van der Waals surface area contributed by atoms with Crippen LogP contribution in [0.3, 0.4) is 0 Å². The first kappa shape index (κ1) is 10.1. The van der Waals surface area contributed by atoms with E-state index in [0.29, 0.717) is 0 Å². The summed E-state index contributed by atoms with van der Waals surface area (Å²) in [6.45, 7) is 6.85. The van der Waals surface area contributed by atoms with Crippen molar-refractivity contribution in [2.75, 3.05) is 0 Å². The Bertz CT molecular complexity index is 172. The van der Waals surface area contributed by atoms with Gasteiger partial charge in [0.15, 0.2) is 0 Å². The molecule has 12 heavy (non-hydrogen) atoms. The van der Waals surface area contributed by atoms with Gasteiger partial charge in [-0.05, 0) is 37.5 Å². The first-order valence-electron chi connectivity index (χ1n) is 4.92. The second-order valence-corrected chi connectivity index (χ2v) is 4.57. The van der Waals surface area contributed by atoms with Crippen molar-refractivity contribution in [3.05, 3.63) is 11.1 Å². The number of halogens is 1. The fraction of sp³-hybridized carbons (Fsp3) is 0.818. The number of hydrogen-bond donors (Lipinski definition) is 0. The van der Waals surface area contributed by atoms with Crippen LogP contribution in [-0.2, 0) is 0 Å². The third kappa shape index (κ3) is 2.26. The van der Waals surface area contributed by atoms with Crippen molar-refractivity contribution in [2.24, 2.45) is 17.8 Å². The summed E-state index contributed by atoms with van der Waals surface area (Å²) in [6.07, 6.45) is 4.09. The maximum absolute atomic E-state index is 5.74. The van der Waals surface area contributed by atoms with Crippen molar-refractivity contribution >= 4 is 11.6 Å². The molecule has 1 rings (SSSR count). The molecule has 1 heteroatoms. The third-order valence-corrected chi connectivity index (χ3v) is 3.56. The Morgan fingerprint density at radius 2 is 2.00 bits per heavy atom. The van der Waals surface area contributed by atoms with Gasteiger partial charge in [0, 0.05) is 5.54 Å². The molecule has 70 valence electrons. The molecule has 1 fully saturated rings. The Kier molecular flexibility index (Phi) is 3.64. The van der Waals surface area contributed by atoms with Gasteiger partial charge in [-0.2, -0.15) is 0 Å². The summed E-state index contributed by atoms with van der Waals surface area (Å²) in [5.41, 5.74) is 3.13. The highest BCUT2D eigenvalue weighted by Crippen LogP contribution is 2.37. The SMILES string of the molecule is C/C(=C\Cl)C1CC(C)CCC1C. The zero-order chi connectivity index (χ0) is 9.14. The van der Waals surface area contributed by atoms with Gasteiger partial charge in [-0.1, -0.05) is 37.4 Å². The van der Waals surface area contributed by atoms with E-state index in [9.17, 15) is 0 Å². The summed E-state index contributed by atoms with van der Waals surface area (Å²) in [5.74, 6) is 2.46. The molecule has 0 aromatic heterocycles. The molecule has 1 saturated carbocycles. The van der Waals surface area contributed by atoms with E-state index in [4.69, 9.17) is 11.6 Å². The van der Waals surface area contributed by atoms with Crippen molar-refractivity contribution in [1.82, 2.24) is 0 Å². The molecule has 3 atom stereocenters. The normalized spacial score (nSPS) is 38.3. The van der Waals surface area contributed by atoms with Crippen LogP contribution in [-0.4, -0.2) is 0 Å². The van der Waals surface area contributed by atoms with Crippen LogP contribution in [0.15, 0.2) is 11.1 Å². The molecular formula is C11H19Cl. The fourth-order valence-corrected chi connectivity index (χ4v) is 2.41. The van der Waals surface area contributed by atoms with E-state index in [1.807, 2.05) is 0 Å². The van der Waals surface area contributed by atoms with Crippen molar-refractivity contribution in [3.63, 3.8) is 0 Å². The summed E-state index contributed by atoms with van der Waals surface area (Å²) < 4.78 is 0. The molecule has 0 amide bonds. The Morgan fingerprint density at radius 3 is 2.58 bits per heavy atom. The summed E-state index contributed by atoms with van der Waals surface area (Å²) in [5, 5.41) is 0. The van der Waals surface area contributed by atoms with E-state index in [-0.39, 0.29) is 0 Å².